The van der Waals surface area contributed by atoms with Gasteiger partial charge in [-0.1, -0.05) is 0 Å². The number of carbonyl (C=O) groups is 2. The Morgan fingerprint density at radius 3 is 1.56 bits per heavy atom. The molecule has 0 N–H and O–H groups in total. The first kappa shape index (κ1) is 13.7. The lowest BCUT2D eigenvalue weighted by Gasteiger charge is -1.99. The first-order valence-corrected chi connectivity index (χ1v) is 4.32. The van der Waals surface area contributed by atoms with Crippen LogP contribution >= 0.6 is 0 Å². The highest BCUT2D eigenvalue weighted by molar-refractivity contribution is 5.91. The van der Waals surface area contributed by atoms with Crippen LogP contribution in [0.15, 0.2) is 12.2 Å². The van der Waals surface area contributed by atoms with E-state index < -0.39 is 24.4 Å². The van der Waals surface area contributed by atoms with E-state index in [1.807, 2.05) is 0 Å². The zero-order valence-corrected chi connectivity index (χ0v) is 8.84. The lowest BCUT2D eigenvalue weighted by atomic mass is 10.5. The zero-order valence-electron chi connectivity index (χ0n) is 8.84. The van der Waals surface area contributed by atoms with Crippen LogP contribution < -0.4 is 0 Å². The third-order valence-corrected chi connectivity index (χ3v) is 1.29. The van der Waals surface area contributed by atoms with Crippen LogP contribution in [0.5, 0.6) is 0 Å². The Balaban J connectivity index is 4.10. The molecular weight excluding hydrogens is 212 g/mol. The van der Waals surface area contributed by atoms with Crippen LogP contribution in [0.25, 0.3) is 9.69 Å². The first-order valence-electron chi connectivity index (χ1n) is 4.32. The van der Waals surface area contributed by atoms with Crippen LogP contribution in [-0.4, -0.2) is 24.4 Å². The monoisotopic (exact) mass is 222 g/mol. The van der Waals surface area contributed by atoms with Gasteiger partial charge in [-0.15, -0.1) is 0 Å². The summed E-state index contributed by atoms with van der Waals surface area (Å²) in [6, 6.07) is 0. The van der Waals surface area contributed by atoms with E-state index in [-0.39, 0.29) is 0 Å². The SMILES string of the molecule is [C-]#[N+]C(C)OC(=O)C=CC(=O)OC(C)[N+]#[C-]. The predicted molar refractivity (Wildman–Crippen MR) is 53.5 cm³/mol. The number of hydrogen-bond acceptors (Lipinski definition) is 4. The fraction of sp³-hybridized carbons (Fsp3) is 0.400. The fourth-order valence-corrected chi connectivity index (χ4v) is 0.604. The molecule has 0 heterocycles. The van der Waals surface area contributed by atoms with Gasteiger partial charge >= 0.3 is 24.4 Å². The molecule has 0 radical (unpaired) electrons. The summed E-state index contributed by atoms with van der Waals surface area (Å²) in [6.45, 7) is 15.9. The highest BCUT2D eigenvalue weighted by Crippen LogP contribution is 1.96. The largest absolute Gasteiger partial charge is 0.388 e. The maximum absolute atomic E-state index is 11.0. The van der Waals surface area contributed by atoms with Crippen LogP contribution in [0.2, 0.25) is 0 Å². The Hall–Kier alpha value is -2.34. The molecule has 0 saturated heterocycles. The molecule has 0 fully saturated rings. The van der Waals surface area contributed by atoms with Crippen LogP contribution in [0.3, 0.4) is 0 Å². The van der Waals surface area contributed by atoms with Gasteiger partial charge in [0.15, 0.2) is 0 Å². The van der Waals surface area contributed by atoms with Gasteiger partial charge in [0, 0.05) is 12.2 Å². The van der Waals surface area contributed by atoms with Gasteiger partial charge in [-0.3, -0.25) is 9.69 Å². The standard InChI is InChI=1S/C10H10N2O4/c1-7(11-3)15-9(13)5-6-10(14)16-8(2)12-4/h5-8H,1-2H3. The maximum Gasteiger partial charge on any atom is 0.366 e. The minimum absolute atomic E-state index is 0.809. The van der Waals surface area contributed by atoms with Crippen molar-refractivity contribution < 1.29 is 19.1 Å². The van der Waals surface area contributed by atoms with E-state index in [0.717, 1.165) is 12.2 Å². The van der Waals surface area contributed by atoms with Crippen LogP contribution in [0.1, 0.15) is 13.8 Å². The highest BCUT2D eigenvalue weighted by Gasteiger charge is 2.11. The van der Waals surface area contributed by atoms with Crippen molar-refractivity contribution >= 4 is 11.9 Å². The summed E-state index contributed by atoms with van der Waals surface area (Å²) in [7, 11) is 0. The minimum atomic E-state index is -0.893. The second kappa shape index (κ2) is 7.02. The molecule has 16 heavy (non-hydrogen) atoms. The van der Waals surface area contributed by atoms with Gasteiger partial charge in [0.1, 0.15) is 0 Å². The molecule has 0 amide bonds. The fourth-order valence-electron chi connectivity index (χ4n) is 0.604. The number of rotatable bonds is 4. The summed E-state index contributed by atoms with van der Waals surface area (Å²) >= 11 is 0. The highest BCUT2D eigenvalue weighted by atomic mass is 16.6. The maximum atomic E-state index is 11.0. The molecule has 0 rings (SSSR count). The molecule has 2 atom stereocenters. The molecule has 6 nitrogen and oxygen atoms in total. The summed E-state index contributed by atoms with van der Waals surface area (Å²) in [5.41, 5.74) is 0. The molecule has 0 aliphatic carbocycles. The minimum Gasteiger partial charge on any atom is -0.388 e. The molecule has 0 aromatic carbocycles. The van der Waals surface area contributed by atoms with Crippen LogP contribution in [-0.2, 0) is 19.1 Å². The molecule has 84 valence electrons. The molecular formula is C10H10N2O4. The summed E-state index contributed by atoms with van der Waals surface area (Å²) in [6.07, 6.45) is -0.0906. The van der Waals surface area contributed by atoms with Gasteiger partial charge in [0.2, 0.25) is 0 Å². The molecule has 0 aromatic heterocycles. The van der Waals surface area contributed by atoms with Crippen LogP contribution in [0, 0.1) is 13.1 Å². The summed E-state index contributed by atoms with van der Waals surface area (Å²) in [5, 5.41) is 0. The Kier molecular flexibility index (Phi) is 5.99. The third kappa shape index (κ3) is 6.17. The van der Waals surface area contributed by atoms with Crippen molar-refractivity contribution in [2.24, 2.45) is 0 Å². The van der Waals surface area contributed by atoms with E-state index in [0.29, 0.717) is 0 Å². The van der Waals surface area contributed by atoms with E-state index in [9.17, 15) is 9.59 Å². The molecule has 0 aromatic rings. The average Bonchev–Trinajstić information content (AvgIpc) is 2.26. The Morgan fingerprint density at radius 2 is 1.31 bits per heavy atom. The molecule has 0 spiro atoms. The Bertz CT molecular complexity index is 339. The number of nitrogens with zero attached hydrogens (tertiary/aromatic N) is 2. The van der Waals surface area contributed by atoms with E-state index in [1.54, 1.807) is 0 Å². The molecule has 0 aliphatic heterocycles. The van der Waals surface area contributed by atoms with Crippen LogP contribution in [0.4, 0.5) is 0 Å². The summed E-state index contributed by atoms with van der Waals surface area (Å²) in [4.78, 5) is 27.8. The smallest absolute Gasteiger partial charge is 0.366 e. The third-order valence-electron chi connectivity index (χ3n) is 1.29. The topological polar surface area (TPSA) is 61.3 Å². The Labute approximate surface area is 93.1 Å². The average molecular weight is 222 g/mol. The predicted octanol–water partition coefficient (Wildman–Crippen LogP) is 1.16. The van der Waals surface area contributed by atoms with E-state index in [1.165, 1.54) is 13.8 Å². The van der Waals surface area contributed by atoms with Gasteiger partial charge < -0.3 is 9.47 Å². The lowest BCUT2D eigenvalue weighted by molar-refractivity contribution is -0.143. The number of hydrogen-bond donors (Lipinski definition) is 0. The number of carbonyl (C=O) groups excluding carboxylic acids is 2. The normalized spacial score (nSPS) is 13.2. The summed E-state index contributed by atoms with van der Waals surface area (Å²) < 4.78 is 9.07. The molecule has 6 heteroatoms. The van der Waals surface area contributed by atoms with Gasteiger partial charge in [0.05, 0.1) is 13.8 Å². The van der Waals surface area contributed by atoms with Crippen molar-refractivity contribution in [1.82, 2.24) is 0 Å². The Morgan fingerprint density at radius 1 is 1.00 bits per heavy atom. The molecule has 0 saturated carbocycles. The first-order chi connectivity index (χ1) is 7.49. The van der Waals surface area contributed by atoms with Gasteiger partial charge in [-0.25, -0.2) is 22.7 Å². The second-order valence-electron chi connectivity index (χ2n) is 2.66. The van der Waals surface area contributed by atoms with E-state index in [2.05, 4.69) is 19.2 Å². The van der Waals surface area contributed by atoms with Gasteiger partial charge in [-0.05, 0) is 0 Å². The van der Waals surface area contributed by atoms with Crippen molar-refractivity contribution in [3.05, 3.63) is 35.0 Å². The van der Waals surface area contributed by atoms with Crippen molar-refractivity contribution in [3.8, 4) is 0 Å². The zero-order chi connectivity index (χ0) is 12.6. The number of ether oxygens (including phenoxy) is 2. The lowest BCUT2D eigenvalue weighted by Crippen LogP contribution is -2.11. The van der Waals surface area contributed by atoms with E-state index in [4.69, 9.17) is 13.1 Å². The molecule has 0 bridgehead atoms. The molecule has 2 unspecified atom stereocenters. The van der Waals surface area contributed by atoms with Crippen molar-refractivity contribution in [3.63, 3.8) is 0 Å². The quantitative estimate of drug-likeness (QED) is 0.407. The van der Waals surface area contributed by atoms with Crippen molar-refractivity contribution in [1.29, 1.82) is 0 Å². The molecule has 0 aliphatic rings. The van der Waals surface area contributed by atoms with Crippen molar-refractivity contribution in [2.75, 3.05) is 0 Å². The van der Waals surface area contributed by atoms with Gasteiger partial charge in [-0.2, -0.15) is 0 Å². The van der Waals surface area contributed by atoms with E-state index >= 15 is 0 Å². The number of esters is 2. The van der Waals surface area contributed by atoms with Gasteiger partial charge in [0.25, 0.3) is 0 Å². The van der Waals surface area contributed by atoms with Crippen molar-refractivity contribution in [2.45, 2.75) is 26.3 Å². The summed E-state index contributed by atoms with van der Waals surface area (Å²) in [5.74, 6) is -1.62. The second-order valence-corrected chi connectivity index (χ2v) is 2.66.